The Labute approximate surface area is 80.4 Å². The van der Waals surface area contributed by atoms with Gasteiger partial charge in [0.1, 0.15) is 0 Å². The molecule has 0 aliphatic carbocycles. The first-order valence-corrected chi connectivity index (χ1v) is 5.00. The van der Waals surface area contributed by atoms with Crippen LogP contribution in [-0.2, 0) is 6.42 Å². The highest BCUT2D eigenvalue weighted by Crippen LogP contribution is 2.26. The quantitative estimate of drug-likeness (QED) is 0.737. The van der Waals surface area contributed by atoms with Gasteiger partial charge in [0.2, 0.25) is 5.89 Å². The normalized spacial score (nSPS) is 10.6. The van der Waals surface area contributed by atoms with Crippen molar-refractivity contribution in [2.75, 3.05) is 0 Å². The Kier molecular flexibility index (Phi) is 2.14. The monoisotopic (exact) mass is 194 g/mol. The Balaban J connectivity index is 2.35. The van der Waals surface area contributed by atoms with Crippen LogP contribution in [0.4, 0.5) is 0 Å². The molecular formula is C9H10N2OS. The van der Waals surface area contributed by atoms with Crippen molar-refractivity contribution in [3.8, 4) is 10.8 Å². The highest BCUT2D eigenvalue weighted by Gasteiger charge is 2.08. The van der Waals surface area contributed by atoms with Gasteiger partial charge >= 0.3 is 0 Å². The fourth-order valence-corrected chi connectivity index (χ4v) is 1.83. The molecule has 2 rings (SSSR count). The number of nitrogens with zero attached hydrogens (tertiary/aromatic N) is 2. The summed E-state index contributed by atoms with van der Waals surface area (Å²) in [6.07, 6.45) is 0.789. The maximum atomic E-state index is 5.42. The van der Waals surface area contributed by atoms with Crippen LogP contribution in [0.15, 0.2) is 16.5 Å². The molecular weight excluding hydrogens is 184 g/mol. The molecule has 0 bridgehead atoms. The van der Waals surface area contributed by atoms with E-state index in [1.807, 2.05) is 13.0 Å². The van der Waals surface area contributed by atoms with Gasteiger partial charge < -0.3 is 4.42 Å². The predicted octanol–water partition coefficient (Wildman–Crippen LogP) is 2.67. The molecule has 0 radical (unpaired) electrons. The molecule has 0 saturated carbocycles. The number of aromatic nitrogens is 2. The lowest BCUT2D eigenvalue weighted by atomic mass is 10.4. The molecule has 0 aliphatic heterocycles. The minimum absolute atomic E-state index is 0.634. The molecule has 2 aromatic rings. The molecule has 2 heterocycles. The van der Waals surface area contributed by atoms with E-state index in [0.717, 1.165) is 11.3 Å². The highest BCUT2D eigenvalue weighted by atomic mass is 32.1. The third-order valence-corrected chi connectivity index (χ3v) is 2.71. The Hall–Kier alpha value is -1.16. The first-order valence-electron chi connectivity index (χ1n) is 4.19. The SMILES string of the molecule is CCc1nnc(-c2ccc(C)s2)o1. The standard InChI is InChI=1S/C9H10N2OS/c1-3-8-10-11-9(12-8)7-5-4-6(2)13-7/h4-5H,3H2,1-2H3. The topological polar surface area (TPSA) is 38.9 Å². The van der Waals surface area contributed by atoms with Crippen molar-refractivity contribution in [2.45, 2.75) is 20.3 Å². The van der Waals surface area contributed by atoms with Gasteiger partial charge in [0, 0.05) is 11.3 Å². The van der Waals surface area contributed by atoms with Gasteiger partial charge in [0.25, 0.3) is 5.89 Å². The summed E-state index contributed by atoms with van der Waals surface area (Å²) in [5, 5.41) is 7.87. The lowest BCUT2D eigenvalue weighted by molar-refractivity contribution is 0.514. The van der Waals surface area contributed by atoms with Crippen molar-refractivity contribution in [2.24, 2.45) is 0 Å². The van der Waals surface area contributed by atoms with Gasteiger partial charge in [-0.25, -0.2) is 0 Å². The highest BCUT2D eigenvalue weighted by molar-refractivity contribution is 7.15. The fourth-order valence-electron chi connectivity index (χ4n) is 1.05. The molecule has 3 nitrogen and oxygen atoms in total. The minimum Gasteiger partial charge on any atom is -0.420 e. The van der Waals surface area contributed by atoms with Crippen LogP contribution in [0.1, 0.15) is 17.7 Å². The second-order valence-corrected chi connectivity index (χ2v) is 4.05. The first kappa shape index (κ1) is 8.44. The Morgan fingerprint density at radius 1 is 1.38 bits per heavy atom. The maximum absolute atomic E-state index is 5.42. The third-order valence-electron chi connectivity index (χ3n) is 1.72. The average molecular weight is 194 g/mol. The van der Waals surface area contributed by atoms with Gasteiger partial charge in [-0.1, -0.05) is 6.92 Å². The molecule has 0 amide bonds. The molecule has 2 aromatic heterocycles. The summed E-state index contributed by atoms with van der Waals surface area (Å²) in [5.74, 6) is 1.33. The second-order valence-electron chi connectivity index (χ2n) is 2.76. The molecule has 13 heavy (non-hydrogen) atoms. The van der Waals surface area contributed by atoms with Crippen LogP contribution in [0, 0.1) is 6.92 Å². The van der Waals surface area contributed by atoms with Crippen molar-refractivity contribution in [1.29, 1.82) is 0 Å². The minimum atomic E-state index is 0.634. The van der Waals surface area contributed by atoms with Crippen LogP contribution in [-0.4, -0.2) is 10.2 Å². The Morgan fingerprint density at radius 3 is 2.77 bits per heavy atom. The predicted molar refractivity (Wildman–Crippen MR) is 51.7 cm³/mol. The number of aryl methyl sites for hydroxylation is 2. The summed E-state index contributed by atoms with van der Waals surface area (Å²) in [7, 11) is 0. The van der Waals surface area contributed by atoms with Gasteiger partial charge in [-0.15, -0.1) is 21.5 Å². The molecule has 0 N–H and O–H groups in total. The average Bonchev–Trinajstić information content (AvgIpc) is 2.71. The molecule has 68 valence electrons. The number of hydrogen-bond donors (Lipinski definition) is 0. The van der Waals surface area contributed by atoms with E-state index in [1.54, 1.807) is 11.3 Å². The first-order chi connectivity index (χ1) is 6.29. The number of rotatable bonds is 2. The third kappa shape index (κ3) is 1.62. The van der Waals surface area contributed by atoms with Crippen LogP contribution < -0.4 is 0 Å². The summed E-state index contributed by atoms with van der Waals surface area (Å²) in [5.41, 5.74) is 0. The van der Waals surface area contributed by atoms with Crippen LogP contribution in [0.3, 0.4) is 0 Å². The van der Waals surface area contributed by atoms with Crippen LogP contribution in [0.5, 0.6) is 0 Å². The second kappa shape index (κ2) is 3.30. The largest absolute Gasteiger partial charge is 0.420 e. The van der Waals surface area contributed by atoms with Crippen molar-refractivity contribution >= 4 is 11.3 Å². The zero-order valence-electron chi connectivity index (χ0n) is 7.57. The Morgan fingerprint density at radius 2 is 2.23 bits per heavy atom. The lowest BCUT2D eigenvalue weighted by Crippen LogP contribution is -1.76. The van der Waals surface area contributed by atoms with E-state index in [2.05, 4.69) is 23.2 Å². The fraction of sp³-hybridized carbons (Fsp3) is 0.333. The van der Waals surface area contributed by atoms with E-state index in [1.165, 1.54) is 4.88 Å². The molecule has 0 atom stereocenters. The smallest absolute Gasteiger partial charge is 0.257 e. The van der Waals surface area contributed by atoms with E-state index < -0.39 is 0 Å². The summed E-state index contributed by atoms with van der Waals surface area (Å²) < 4.78 is 5.42. The number of hydrogen-bond acceptors (Lipinski definition) is 4. The summed E-state index contributed by atoms with van der Waals surface area (Å²) in [6.45, 7) is 4.06. The molecule has 0 spiro atoms. The molecule has 0 saturated heterocycles. The van der Waals surface area contributed by atoms with Gasteiger partial charge in [-0.2, -0.15) is 0 Å². The molecule has 4 heteroatoms. The van der Waals surface area contributed by atoms with Gasteiger partial charge in [-0.3, -0.25) is 0 Å². The van der Waals surface area contributed by atoms with Crippen molar-refractivity contribution in [3.63, 3.8) is 0 Å². The zero-order valence-corrected chi connectivity index (χ0v) is 8.39. The van der Waals surface area contributed by atoms with Crippen molar-refractivity contribution < 1.29 is 4.42 Å². The summed E-state index contributed by atoms with van der Waals surface area (Å²) in [6, 6.07) is 4.06. The van der Waals surface area contributed by atoms with E-state index in [4.69, 9.17) is 4.42 Å². The lowest BCUT2D eigenvalue weighted by Gasteiger charge is -1.85. The number of thiophene rings is 1. The maximum Gasteiger partial charge on any atom is 0.257 e. The molecule has 0 aromatic carbocycles. The van der Waals surface area contributed by atoms with Crippen LogP contribution in [0.25, 0.3) is 10.8 Å². The molecule has 0 unspecified atom stereocenters. The summed E-state index contributed by atoms with van der Waals surface area (Å²) >= 11 is 1.67. The van der Waals surface area contributed by atoms with Crippen molar-refractivity contribution in [3.05, 3.63) is 22.9 Å². The molecule has 0 aliphatic rings. The Bertz CT molecular complexity index is 405. The van der Waals surface area contributed by atoms with E-state index >= 15 is 0 Å². The van der Waals surface area contributed by atoms with Crippen LogP contribution in [0.2, 0.25) is 0 Å². The zero-order chi connectivity index (χ0) is 9.26. The summed E-state index contributed by atoms with van der Waals surface area (Å²) in [4.78, 5) is 2.30. The van der Waals surface area contributed by atoms with E-state index in [-0.39, 0.29) is 0 Å². The molecule has 0 fully saturated rings. The van der Waals surface area contributed by atoms with Gasteiger partial charge in [0.15, 0.2) is 0 Å². The van der Waals surface area contributed by atoms with Gasteiger partial charge in [0.05, 0.1) is 4.88 Å². The van der Waals surface area contributed by atoms with Crippen molar-refractivity contribution in [1.82, 2.24) is 10.2 Å². The van der Waals surface area contributed by atoms with Crippen LogP contribution >= 0.6 is 11.3 Å². The van der Waals surface area contributed by atoms with E-state index in [9.17, 15) is 0 Å². The van der Waals surface area contributed by atoms with E-state index in [0.29, 0.717) is 11.8 Å². The van der Waals surface area contributed by atoms with Gasteiger partial charge in [-0.05, 0) is 19.1 Å².